The molecule has 7 atom stereocenters. The van der Waals surface area contributed by atoms with Crippen LogP contribution in [-0.2, 0) is 0 Å². The molecule has 158 valence electrons. The van der Waals surface area contributed by atoms with Crippen molar-refractivity contribution < 1.29 is 5.11 Å². The Hall–Kier alpha value is -0.300. The van der Waals surface area contributed by atoms with E-state index in [1.54, 1.807) is 5.57 Å². The summed E-state index contributed by atoms with van der Waals surface area (Å²) in [5.41, 5.74) is 2.67. The largest absolute Gasteiger partial charge is 0.393 e. The Kier molecular flexibility index (Phi) is 5.22. The lowest BCUT2D eigenvalue weighted by molar-refractivity contribution is -0.0509. The Labute approximate surface area is 173 Å². The number of fused-ring (bicyclic) bond motifs is 5. The normalized spacial score (nSPS) is 48.7. The van der Waals surface area contributed by atoms with Crippen LogP contribution in [0.3, 0.4) is 0 Å². The van der Waals surface area contributed by atoms with E-state index in [4.69, 9.17) is 0 Å². The lowest BCUT2D eigenvalue weighted by atomic mass is 9.47. The molecule has 4 unspecified atom stereocenters. The highest BCUT2D eigenvalue weighted by molar-refractivity contribution is 5.25. The third-order valence-electron chi connectivity index (χ3n) is 10.9. The zero-order valence-electron chi connectivity index (χ0n) is 18.6. The summed E-state index contributed by atoms with van der Waals surface area (Å²) >= 11 is 0. The molecule has 0 aliphatic heterocycles. The second-order valence-electron chi connectivity index (χ2n) is 12.1. The van der Waals surface area contributed by atoms with Crippen molar-refractivity contribution in [2.45, 2.75) is 116 Å². The average molecular weight is 385 g/mol. The first-order chi connectivity index (χ1) is 13.5. The minimum atomic E-state index is -0.0690. The molecule has 0 saturated heterocycles. The smallest absolute Gasteiger partial charge is 0.0577 e. The summed E-state index contributed by atoms with van der Waals surface area (Å²) < 4.78 is 0. The number of allylic oxidation sites excluding steroid dienone is 1. The zero-order chi connectivity index (χ0) is 19.4. The number of aliphatic hydroxyl groups excluding tert-OH is 1. The van der Waals surface area contributed by atoms with Crippen molar-refractivity contribution in [3.63, 3.8) is 0 Å². The molecule has 5 aliphatic rings. The van der Waals surface area contributed by atoms with Crippen LogP contribution >= 0.6 is 0 Å². The van der Waals surface area contributed by atoms with Gasteiger partial charge in [-0.05, 0) is 98.2 Å². The second kappa shape index (κ2) is 7.44. The number of aliphatic hydroxyl groups is 1. The Morgan fingerprint density at radius 2 is 1.75 bits per heavy atom. The van der Waals surface area contributed by atoms with Gasteiger partial charge in [0, 0.05) is 0 Å². The third kappa shape index (κ3) is 3.14. The summed E-state index contributed by atoms with van der Waals surface area (Å²) in [6.45, 7) is 5.27. The maximum atomic E-state index is 10.2. The third-order valence-corrected chi connectivity index (χ3v) is 10.9. The van der Waals surface area contributed by atoms with Gasteiger partial charge < -0.3 is 5.11 Å². The zero-order valence-corrected chi connectivity index (χ0v) is 18.6. The topological polar surface area (TPSA) is 20.2 Å². The lowest BCUT2D eigenvalue weighted by Gasteiger charge is -2.58. The molecule has 28 heavy (non-hydrogen) atoms. The van der Waals surface area contributed by atoms with E-state index in [0.717, 1.165) is 42.4 Å². The van der Waals surface area contributed by atoms with E-state index < -0.39 is 0 Å². The van der Waals surface area contributed by atoms with Gasteiger partial charge in [0.2, 0.25) is 0 Å². The van der Waals surface area contributed by atoms with Gasteiger partial charge in [0.25, 0.3) is 0 Å². The monoisotopic (exact) mass is 384 g/mol. The highest BCUT2D eigenvalue weighted by atomic mass is 16.3. The van der Waals surface area contributed by atoms with Crippen LogP contribution in [-0.4, -0.2) is 11.2 Å². The van der Waals surface area contributed by atoms with Crippen LogP contribution < -0.4 is 0 Å². The first-order valence-corrected chi connectivity index (χ1v) is 12.9. The van der Waals surface area contributed by atoms with E-state index in [-0.39, 0.29) is 6.10 Å². The molecule has 0 bridgehead atoms. The molecule has 0 radical (unpaired) electrons. The van der Waals surface area contributed by atoms with Crippen molar-refractivity contribution in [3.05, 3.63) is 11.6 Å². The molecule has 0 aromatic carbocycles. The summed E-state index contributed by atoms with van der Waals surface area (Å²) in [5.74, 6) is 4.89. The fourth-order valence-corrected chi connectivity index (χ4v) is 9.18. The van der Waals surface area contributed by atoms with Crippen LogP contribution in [0.1, 0.15) is 110 Å². The van der Waals surface area contributed by atoms with Gasteiger partial charge in [0.05, 0.1) is 6.10 Å². The minimum Gasteiger partial charge on any atom is -0.393 e. The Morgan fingerprint density at radius 1 is 0.929 bits per heavy atom. The SMILES string of the molecule is CC12CC[C@H](O)CC1=CCC1C2CC[C@@]2(C)C1CC[C@@H]2CCCC1CCCC1. The van der Waals surface area contributed by atoms with E-state index >= 15 is 0 Å². The van der Waals surface area contributed by atoms with E-state index in [1.807, 2.05) is 0 Å². The molecule has 1 N–H and O–H groups in total. The maximum Gasteiger partial charge on any atom is 0.0577 e. The maximum absolute atomic E-state index is 10.2. The quantitative estimate of drug-likeness (QED) is 0.505. The molecule has 0 aromatic heterocycles. The molecule has 1 heteroatoms. The van der Waals surface area contributed by atoms with Gasteiger partial charge in [-0.1, -0.05) is 64.0 Å². The van der Waals surface area contributed by atoms with Gasteiger partial charge in [-0.15, -0.1) is 0 Å². The summed E-state index contributed by atoms with van der Waals surface area (Å²) in [5, 5.41) is 10.2. The van der Waals surface area contributed by atoms with Crippen molar-refractivity contribution in [1.82, 2.24) is 0 Å². The van der Waals surface area contributed by atoms with E-state index in [2.05, 4.69) is 19.9 Å². The number of hydrogen-bond acceptors (Lipinski definition) is 1. The highest BCUT2D eigenvalue weighted by Gasteiger charge is 2.58. The van der Waals surface area contributed by atoms with E-state index in [9.17, 15) is 5.11 Å². The molecule has 4 saturated carbocycles. The van der Waals surface area contributed by atoms with Crippen molar-refractivity contribution in [2.75, 3.05) is 0 Å². The summed E-state index contributed by atoms with van der Waals surface area (Å²) in [4.78, 5) is 0. The van der Waals surface area contributed by atoms with Crippen LogP contribution in [0, 0.1) is 40.4 Å². The van der Waals surface area contributed by atoms with Gasteiger partial charge in [-0.25, -0.2) is 0 Å². The van der Waals surface area contributed by atoms with Crippen molar-refractivity contribution in [1.29, 1.82) is 0 Å². The molecule has 0 spiro atoms. The molecule has 1 nitrogen and oxygen atoms in total. The molecule has 5 rings (SSSR count). The second-order valence-corrected chi connectivity index (χ2v) is 12.1. The molecule has 0 amide bonds. The first-order valence-electron chi connectivity index (χ1n) is 12.9. The molecule has 0 aromatic rings. The van der Waals surface area contributed by atoms with Gasteiger partial charge in [0.15, 0.2) is 0 Å². The first kappa shape index (κ1) is 19.7. The number of rotatable bonds is 4. The van der Waals surface area contributed by atoms with Crippen LogP contribution in [0.2, 0.25) is 0 Å². The van der Waals surface area contributed by atoms with E-state index in [1.165, 1.54) is 83.5 Å². The van der Waals surface area contributed by atoms with Crippen molar-refractivity contribution >= 4 is 0 Å². The lowest BCUT2D eigenvalue weighted by Crippen LogP contribution is -2.50. The Morgan fingerprint density at radius 3 is 2.57 bits per heavy atom. The molecule has 0 heterocycles. The van der Waals surface area contributed by atoms with Crippen LogP contribution in [0.25, 0.3) is 0 Å². The van der Waals surface area contributed by atoms with E-state index in [0.29, 0.717) is 10.8 Å². The molecule has 4 fully saturated rings. The standard InChI is InChI=1S/C27H44O/c1-26-17-15-25-23(12-10-21-18-22(28)14-16-27(21,25)2)24(26)13-11-20(26)9-5-8-19-6-3-4-7-19/h10,19-20,22-25,28H,3-9,11-18H2,1-2H3/t20-,22-,23?,24?,25?,26+,27?/m0/s1. The van der Waals surface area contributed by atoms with Crippen LogP contribution in [0.5, 0.6) is 0 Å². The summed E-state index contributed by atoms with van der Waals surface area (Å²) in [6, 6.07) is 0. The summed E-state index contributed by atoms with van der Waals surface area (Å²) in [6.07, 6.45) is 23.6. The van der Waals surface area contributed by atoms with Gasteiger partial charge >= 0.3 is 0 Å². The van der Waals surface area contributed by atoms with Crippen LogP contribution in [0.4, 0.5) is 0 Å². The average Bonchev–Trinajstić information content (AvgIpc) is 3.30. The van der Waals surface area contributed by atoms with Crippen molar-refractivity contribution in [2.24, 2.45) is 40.4 Å². The fraction of sp³-hybridized carbons (Fsp3) is 0.926. The highest BCUT2D eigenvalue weighted by Crippen LogP contribution is 2.66. The molecular weight excluding hydrogens is 340 g/mol. The molecule has 5 aliphatic carbocycles. The molecular formula is C27H44O. The van der Waals surface area contributed by atoms with Gasteiger partial charge in [-0.2, -0.15) is 0 Å². The van der Waals surface area contributed by atoms with Crippen molar-refractivity contribution in [3.8, 4) is 0 Å². The summed E-state index contributed by atoms with van der Waals surface area (Å²) in [7, 11) is 0. The number of hydrogen-bond donors (Lipinski definition) is 1. The predicted molar refractivity (Wildman–Crippen MR) is 117 cm³/mol. The van der Waals surface area contributed by atoms with Crippen LogP contribution in [0.15, 0.2) is 11.6 Å². The van der Waals surface area contributed by atoms with Gasteiger partial charge in [-0.3, -0.25) is 0 Å². The Bertz CT molecular complexity index is 601. The van der Waals surface area contributed by atoms with Gasteiger partial charge in [0.1, 0.15) is 0 Å². The minimum absolute atomic E-state index is 0.0690. The predicted octanol–water partition coefficient (Wildman–Crippen LogP) is 7.29. The Balaban J connectivity index is 1.27. The fourth-order valence-electron chi connectivity index (χ4n) is 9.18.